The molecule has 144 valence electrons. The Balaban J connectivity index is 1.47. The molecule has 0 bridgehead atoms. The third-order valence-electron chi connectivity index (χ3n) is 4.46. The topological polar surface area (TPSA) is 56.1 Å². The highest BCUT2D eigenvalue weighted by molar-refractivity contribution is 5.91. The van der Waals surface area contributed by atoms with Crippen LogP contribution >= 0.6 is 0 Å². The van der Waals surface area contributed by atoms with Crippen molar-refractivity contribution in [3.63, 3.8) is 0 Å². The molecule has 0 spiro atoms. The van der Waals surface area contributed by atoms with Gasteiger partial charge in [0.05, 0.1) is 19.0 Å². The third-order valence-corrected chi connectivity index (χ3v) is 4.46. The highest BCUT2D eigenvalue weighted by Crippen LogP contribution is 2.13. The SMILES string of the molecule is COc1ccc(CCC(C)NC(=O)/C=C/c2cnn(-c3ccccc3)c2)cc1. The van der Waals surface area contributed by atoms with Crippen LogP contribution in [0.15, 0.2) is 73.1 Å². The van der Waals surface area contributed by atoms with Gasteiger partial charge in [-0.25, -0.2) is 4.68 Å². The molecule has 1 amide bonds. The number of carbonyl (C=O) groups is 1. The van der Waals surface area contributed by atoms with E-state index >= 15 is 0 Å². The lowest BCUT2D eigenvalue weighted by atomic mass is 10.1. The van der Waals surface area contributed by atoms with Crippen LogP contribution < -0.4 is 10.1 Å². The molecule has 1 aromatic heterocycles. The molecule has 28 heavy (non-hydrogen) atoms. The monoisotopic (exact) mass is 375 g/mol. The Bertz CT molecular complexity index is 915. The summed E-state index contributed by atoms with van der Waals surface area (Å²) in [5.41, 5.74) is 3.09. The van der Waals surface area contributed by atoms with E-state index < -0.39 is 0 Å². The molecule has 1 atom stereocenters. The van der Waals surface area contributed by atoms with Crippen LogP contribution in [0.2, 0.25) is 0 Å². The van der Waals surface area contributed by atoms with E-state index in [2.05, 4.69) is 22.5 Å². The Kier molecular flexibility index (Phi) is 6.63. The normalized spacial score (nSPS) is 12.1. The molecule has 0 radical (unpaired) electrons. The van der Waals surface area contributed by atoms with Gasteiger partial charge in [-0.05, 0) is 55.7 Å². The Morgan fingerprint density at radius 2 is 1.93 bits per heavy atom. The Morgan fingerprint density at radius 3 is 2.64 bits per heavy atom. The van der Waals surface area contributed by atoms with Crippen molar-refractivity contribution in [1.29, 1.82) is 0 Å². The van der Waals surface area contributed by atoms with Gasteiger partial charge in [0, 0.05) is 23.9 Å². The number of nitrogens with one attached hydrogen (secondary N) is 1. The van der Waals surface area contributed by atoms with Gasteiger partial charge in [-0.2, -0.15) is 5.10 Å². The molecule has 3 aromatic rings. The average molecular weight is 375 g/mol. The molecule has 1 heterocycles. The van der Waals surface area contributed by atoms with E-state index in [-0.39, 0.29) is 11.9 Å². The maximum absolute atomic E-state index is 12.2. The van der Waals surface area contributed by atoms with Gasteiger partial charge in [-0.15, -0.1) is 0 Å². The van der Waals surface area contributed by atoms with E-state index in [1.54, 1.807) is 30.1 Å². The summed E-state index contributed by atoms with van der Waals surface area (Å²) in [6.45, 7) is 2.02. The molecule has 0 saturated carbocycles. The number of ether oxygens (including phenoxy) is 1. The fraction of sp³-hybridized carbons (Fsp3) is 0.217. The maximum atomic E-state index is 12.2. The fourth-order valence-electron chi connectivity index (χ4n) is 2.86. The van der Waals surface area contributed by atoms with Crippen LogP contribution in [0.5, 0.6) is 5.75 Å². The Labute approximate surface area is 165 Å². The van der Waals surface area contributed by atoms with Crippen LogP contribution in [0.25, 0.3) is 11.8 Å². The van der Waals surface area contributed by atoms with Crippen LogP contribution in [0.3, 0.4) is 0 Å². The lowest BCUT2D eigenvalue weighted by Crippen LogP contribution is -2.31. The van der Waals surface area contributed by atoms with Gasteiger partial charge < -0.3 is 10.1 Å². The summed E-state index contributed by atoms with van der Waals surface area (Å²) in [5.74, 6) is 0.750. The average Bonchev–Trinajstić information content (AvgIpc) is 3.21. The quantitative estimate of drug-likeness (QED) is 0.605. The first-order valence-electron chi connectivity index (χ1n) is 9.35. The number of methoxy groups -OCH3 is 1. The zero-order valence-corrected chi connectivity index (χ0v) is 16.2. The Hall–Kier alpha value is -3.34. The molecular formula is C23H25N3O2. The molecule has 0 aliphatic rings. The van der Waals surface area contributed by atoms with Gasteiger partial charge in [0.15, 0.2) is 0 Å². The summed E-state index contributed by atoms with van der Waals surface area (Å²) >= 11 is 0. The molecule has 5 nitrogen and oxygen atoms in total. The number of nitrogens with zero attached hydrogens (tertiary/aromatic N) is 2. The highest BCUT2D eigenvalue weighted by atomic mass is 16.5. The molecule has 1 unspecified atom stereocenters. The number of hydrogen-bond donors (Lipinski definition) is 1. The van der Waals surface area contributed by atoms with Crippen molar-refractivity contribution in [2.24, 2.45) is 0 Å². The van der Waals surface area contributed by atoms with Crippen LogP contribution in [-0.4, -0.2) is 28.8 Å². The van der Waals surface area contributed by atoms with Gasteiger partial charge in [0.1, 0.15) is 5.75 Å². The van der Waals surface area contributed by atoms with Gasteiger partial charge in [-0.3, -0.25) is 4.79 Å². The second-order valence-corrected chi connectivity index (χ2v) is 6.68. The maximum Gasteiger partial charge on any atom is 0.244 e. The minimum absolute atomic E-state index is 0.0892. The number of para-hydroxylation sites is 1. The largest absolute Gasteiger partial charge is 0.497 e. The van der Waals surface area contributed by atoms with Crippen molar-refractivity contribution in [3.8, 4) is 11.4 Å². The number of amides is 1. The second kappa shape index (κ2) is 9.55. The van der Waals surface area contributed by atoms with Crippen molar-refractivity contribution >= 4 is 12.0 Å². The zero-order chi connectivity index (χ0) is 19.8. The predicted molar refractivity (Wildman–Crippen MR) is 112 cm³/mol. The van der Waals surface area contributed by atoms with Crippen LogP contribution in [-0.2, 0) is 11.2 Å². The summed E-state index contributed by atoms with van der Waals surface area (Å²) in [6, 6.07) is 18.0. The minimum Gasteiger partial charge on any atom is -0.497 e. The van der Waals surface area contributed by atoms with Gasteiger partial charge in [0.25, 0.3) is 0 Å². The van der Waals surface area contributed by atoms with Crippen LogP contribution in [0.1, 0.15) is 24.5 Å². The lowest BCUT2D eigenvalue weighted by molar-refractivity contribution is -0.117. The zero-order valence-electron chi connectivity index (χ0n) is 16.2. The predicted octanol–water partition coefficient (Wildman–Crippen LogP) is 4.03. The van der Waals surface area contributed by atoms with E-state index in [0.29, 0.717) is 0 Å². The molecule has 0 saturated heterocycles. The van der Waals surface area contributed by atoms with Gasteiger partial charge in [0.2, 0.25) is 5.91 Å². The number of hydrogen-bond acceptors (Lipinski definition) is 3. The molecule has 0 fully saturated rings. The van der Waals surface area contributed by atoms with Crippen molar-refractivity contribution in [2.45, 2.75) is 25.8 Å². The van der Waals surface area contributed by atoms with Crippen molar-refractivity contribution in [3.05, 3.63) is 84.2 Å². The molecular weight excluding hydrogens is 350 g/mol. The number of aryl methyl sites for hydroxylation is 1. The summed E-state index contributed by atoms with van der Waals surface area (Å²) in [4.78, 5) is 12.2. The standard InChI is InChI=1S/C23H25N3O2/c1-18(8-9-19-10-13-22(28-2)14-11-19)25-23(27)15-12-20-16-24-26(17-20)21-6-4-3-5-7-21/h3-7,10-18H,8-9H2,1-2H3,(H,25,27)/b15-12+. The van der Waals surface area contributed by atoms with E-state index in [4.69, 9.17) is 4.74 Å². The fourth-order valence-corrected chi connectivity index (χ4v) is 2.86. The number of benzene rings is 2. The highest BCUT2D eigenvalue weighted by Gasteiger charge is 2.06. The first-order valence-corrected chi connectivity index (χ1v) is 9.35. The summed E-state index contributed by atoms with van der Waals surface area (Å²) < 4.78 is 6.95. The number of carbonyl (C=O) groups excluding carboxylic acids is 1. The summed E-state index contributed by atoms with van der Waals surface area (Å²) in [7, 11) is 1.66. The molecule has 5 heteroatoms. The summed E-state index contributed by atoms with van der Waals surface area (Å²) in [5, 5.41) is 7.33. The second-order valence-electron chi connectivity index (χ2n) is 6.68. The van der Waals surface area contributed by atoms with E-state index in [1.807, 2.05) is 55.6 Å². The van der Waals surface area contributed by atoms with E-state index in [9.17, 15) is 4.79 Å². The van der Waals surface area contributed by atoms with E-state index in [1.165, 1.54) is 5.56 Å². The van der Waals surface area contributed by atoms with Gasteiger partial charge >= 0.3 is 0 Å². The minimum atomic E-state index is -0.102. The van der Waals surface area contributed by atoms with Gasteiger partial charge in [-0.1, -0.05) is 30.3 Å². The number of aromatic nitrogens is 2. The van der Waals surface area contributed by atoms with Crippen molar-refractivity contribution in [1.82, 2.24) is 15.1 Å². The van der Waals surface area contributed by atoms with Crippen LogP contribution in [0.4, 0.5) is 0 Å². The molecule has 0 aliphatic heterocycles. The Morgan fingerprint density at radius 1 is 1.18 bits per heavy atom. The smallest absolute Gasteiger partial charge is 0.244 e. The third kappa shape index (κ3) is 5.58. The molecule has 3 rings (SSSR count). The molecule has 0 aliphatic carbocycles. The van der Waals surface area contributed by atoms with E-state index in [0.717, 1.165) is 29.8 Å². The molecule has 2 aromatic carbocycles. The number of rotatable bonds is 8. The first kappa shape index (κ1) is 19.4. The van der Waals surface area contributed by atoms with Crippen molar-refractivity contribution < 1.29 is 9.53 Å². The first-order chi connectivity index (χ1) is 13.6. The van der Waals surface area contributed by atoms with Crippen molar-refractivity contribution in [2.75, 3.05) is 7.11 Å². The van der Waals surface area contributed by atoms with Crippen LogP contribution in [0, 0.1) is 0 Å². The lowest BCUT2D eigenvalue weighted by Gasteiger charge is -2.12. The summed E-state index contributed by atoms with van der Waals surface area (Å²) in [6.07, 6.45) is 8.74. The molecule has 1 N–H and O–H groups in total.